The van der Waals surface area contributed by atoms with E-state index in [0.29, 0.717) is 18.8 Å². The summed E-state index contributed by atoms with van der Waals surface area (Å²) in [5.41, 5.74) is 0.472. The second kappa shape index (κ2) is 9.55. The summed E-state index contributed by atoms with van der Waals surface area (Å²) in [4.78, 5) is 13.3. The highest BCUT2D eigenvalue weighted by Gasteiger charge is 2.21. The van der Waals surface area contributed by atoms with Crippen LogP contribution < -0.4 is 5.32 Å². The maximum absolute atomic E-state index is 12.6. The van der Waals surface area contributed by atoms with E-state index in [1.807, 2.05) is 24.3 Å². The predicted molar refractivity (Wildman–Crippen MR) is 110 cm³/mol. The Hall–Kier alpha value is -1.35. The van der Waals surface area contributed by atoms with Crippen molar-refractivity contribution >= 4 is 49.3 Å². The van der Waals surface area contributed by atoms with Crippen LogP contribution in [-0.4, -0.2) is 37.5 Å². The van der Waals surface area contributed by atoms with Gasteiger partial charge in [0, 0.05) is 28.1 Å². The number of carbonyl (C=O) groups is 1. The molecule has 5 nitrogen and oxygen atoms in total. The molecule has 0 aromatic heterocycles. The lowest BCUT2D eigenvalue weighted by Crippen LogP contribution is -2.30. The van der Waals surface area contributed by atoms with E-state index in [-0.39, 0.29) is 16.6 Å². The van der Waals surface area contributed by atoms with Gasteiger partial charge >= 0.3 is 0 Å². The number of nitrogens with one attached hydrogen (secondary N) is 1. The third kappa shape index (κ3) is 5.57. The van der Waals surface area contributed by atoms with E-state index in [9.17, 15) is 13.2 Å². The molecule has 0 saturated heterocycles. The molecular weight excluding hydrogens is 436 g/mol. The molecule has 0 spiro atoms. The molecule has 0 unspecified atom stereocenters. The van der Waals surface area contributed by atoms with E-state index in [4.69, 9.17) is 0 Å². The van der Waals surface area contributed by atoms with Crippen molar-refractivity contribution < 1.29 is 13.2 Å². The molecule has 2 aromatic carbocycles. The fourth-order valence-electron chi connectivity index (χ4n) is 2.32. The molecule has 0 bridgehead atoms. The Morgan fingerprint density at radius 2 is 1.77 bits per heavy atom. The molecule has 0 heterocycles. The average Bonchev–Trinajstić information content (AvgIpc) is 2.62. The van der Waals surface area contributed by atoms with Crippen LogP contribution in [0.2, 0.25) is 0 Å². The zero-order valence-electron chi connectivity index (χ0n) is 14.6. The molecule has 0 aliphatic heterocycles. The third-order valence-electron chi connectivity index (χ3n) is 3.64. The van der Waals surface area contributed by atoms with Crippen molar-refractivity contribution in [2.45, 2.75) is 23.6 Å². The molecule has 1 N–H and O–H groups in total. The fourth-order valence-corrected chi connectivity index (χ4v) is 4.79. The second-order valence-electron chi connectivity index (χ2n) is 5.41. The van der Waals surface area contributed by atoms with E-state index >= 15 is 0 Å². The molecule has 0 aliphatic carbocycles. The van der Waals surface area contributed by atoms with Gasteiger partial charge in [0.15, 0.2) is 0 Å². The first-order valence-electron chi connectivity index (χ1n) is 8.15. The molecule has 140 valence electrons. The lowest BCUT2D eigenvalue weighted by Gasteiger charge is -2.18. The number of halogens is 1. The summed E-state index contributed by atoms with van der Waals surface area (Å²) in [6, 6.07) is 14.1. The van der Waals surface area contributed by atoms with Crippen LogP contribution in [0.1, 0.15) is 13.8 Å². The van der Waals surface area contributed by atoms with E-state index < -0.39 is 10.0 Å². The Kier molecular flexibility index (Phi) is 7.69. The first kappa shape index (κ1) is 21.0. The minimum absolute atomic E-state index is 0.180. The molecule has 8 heteroatoms. The maximum atomic E-state index is 12.6. The Bertz CT molecular complexity index is 851. The van der Waals surface area contributed by atoms with Crippen LogP contribution in [0.25, 0.3) is 0 Å². The summed E-state index contributed by atoms with van der Waals surface area (Å²) >= 11 is 4.79. The summed E-state index contributed by atoms with van der Waals surface area (Å²) in [5.74, 6) is 0.0598. The highest BCUT2D eigenvalue weighted by molar-refractivity contribution is 9.10. The van der Waals surface area contributed by atoms with Gasteiger partial charge < -0.3 is 5.32 Å². The Balaban J connectivity index is 2.03. The molecule has 26 heavy (non-hydrogen) atoms. The smallest absolute Gasteiger partial charge is 0.243 e. The lowest BCUT2D eigenvalue weighted by atomic mass is 10.3. The van der Waals surface area contributed by atoms with Gasteiger partial charge in [0.2, 0.25) is 15.9 Å². The van der Waals surface area contributed by atoms with Crippen LogP contribution in [0.3, 0.4) is 0 Å². The van der Waals surface area contributed by atoms with Gasteiger partial charge in [-0.25, -0.2) is 8.42 Å². The molecule has 0 aliphatic rings. The number of sulfonamides is 1. The van der Waals surface area contributed by atoms with Crippen molar-refractivity contribution in [2.75, 3.05) is 24.2 Å². The van der Waals surface area contributed by atoms with Gasteiger partial charge in [-0.05, 0) is 42.5 Å². The zero-order chi connectivity index (χ0) is 19.2. The van der Waals surface area contributed by atoms with Crippen LogP contribution in [0, 0.1) is 0 Å². The second-order valence-corrected chi connectivity index (χ2v) is 9.31. The van der Waals surface area contributed by atoms with Gasteiger partial charge in [0.1, 0.15) is 0 Å². The lowest BCUT2D eigenvalue weighted by molar-refractivity contribution is -0.113. The highest BCUT2D eigenvalue weighted by Crippen LogP contribution is 2.22. The van der Waals surface area contributed by atoms with Crippen molar-refractivity contribution in [1.82, 2.24) is 4.31 Å². The first-order valence-corrected chi connectivity index (χ1v) is 11.4. The molecular formula is C18H21BrN2O3S2. The Labute approximate surface area is 167 Å². The number of anilines is 1. The first-order chi connectivity index (χ1) is 12.4. The van der Waals surface area contributed by atoms with Crippen molar-refractivity contribution in [1.29, 1.82) is 0 Å². The molecule has 0 fully saturated rings. The monoisotopic (exact) mass is 456 g/mol. The topological polar surface area (TPSA) is 66.5 Å². The number of amides is 1. The minimum atomic E-state index is -3.55. The van der Waals surface area contributed by atoms with E-state index in [2.05, 4.69) is 21.2 Å². The fraction of sp³-hybridized carbons (Fsp3) is 0.278. The average molecular weight is 457 g/mol. The SMILES string of the molecule is CCN(CC)S(=O)(=O)c1cccc(NC(=O)CSc2ccc(Br)cc2)c1. The van der Waals surface area contributed by atoms with Gasteiger partial charge in [-0.3, -0.25) is 4.79 Å². The van der Waals surface area contributed by atoms with Crippen LogP contribution in [0.15, 0.2) is 62.8 Å². The zero-order valence-corrected chi connectivity index (χ0v) is 17.8. The highest BCUT2D eigenvalue weighted by atomic mass is 79.9. The normalized spacial score (nSPS) is 11.5. The molecule has 0 saturated carbocycles. The van der Waals surface area contributed by atoms with Gasteiger partial charge in [-0.15, -0.1) is 11.8 Å². The number of thioether (sulfide) groups is 1. The van der Waals surface area contributed by atoms with E-state index in [0.717, 1.165) is 9.37 Å². The largest absolute Gasteiger partial charge is 0.325 e. The molecule has 1 amide bonds. The number of benzene rings is 2. The number of rotatable bonds is 8. The number of carbonyl (C=O) groups excluding carboxylic acids is 1. The van der Waals surface area contributed by atoms with Gasteiger partial charge in [0.05, 0.1) is 10.6 Å². The van der Waals surface area contributed by atoms with Crippen LogP contribution >= 0.6 is 27.7 Å². The van der Waals surface area contributed by atoms with E-state index in [1.54, 1.807) is 32.0 Å². The third-order valence-corrected chi connectivity index (χ3v) is 7.23. The summed E-state index contributed by atoms with van der Waals surface area (Å²) in [6.45, 7) is 4.40. The standard InChI is InChI=1S/C18H21BrN2O3S2/c1-3-21(4-2)26(23,24)17-7-5-6-15(12-17)20-18(22)13-25-16-10-8-14(19)9-11-16/h5-12H,3-4,13H2,1-2H3,(H,20,22). The summed E-state index contributed by atoms with van der Waals surface area (Å²) in [6.07, 6.45) is 0. The van der Waals surface area contributed by atoms with E-state index in [1.165, 1.54) is 22.1 Å². The van der Waals surface area contributed by atoms with Crippen LogP contribution in [0.5, 0.6) is 0 Å². The van der Waals surface area contributed by atoms with Crippen LogP contribution in [-0.2, 0) is 14.8 Å². The van der Waals surface area contributed by atoms with Crippen molar-refractivity contribution in [3.63, 3.8) is 0 Å². The molecule has 2 rings (SSSR count). The molecule has 2 aromatic rings. The summed E-state index contributed by atoms with van der Waals surface area (Å²) in [7, 11) is -3.55. The number of nitrogens with zero attached hydrogens (tertiary/aromatic N) is 1. The predicted octanol–water partition coefficient (Wildman–Crippen LogP) is 4.21. The summed E-state index contributed by atoms with van der Waals surface area (Å²) < 4.78 is 27.5. The quantitative estimate of drug-likeness (QED) is 0.604. The van der Waals surface area contributed by atoms with Crippen molar-refractivity contribution in [3.05, 3.63) is 53.0 Å². The summed E-state index contributed by atoms with van der Waals surface area (Å²) in [5, 5.41) is 2.76. The minimum Gasteiger partial charge on any atom is -0.325 e. The van der Waals surface area contributed by atoms with Crippen LogP contribution in [0.4, 0.5) is 5.69 Å². The molecule has 0 radical (unpaired) electrons. The van der Waals surface area contributed by atoms with Gasteiger partial charge in [0.25, 0.3) is 0 Å². The maximum Gasteiger partial charge on any atom is 0.243 e. The molecule has 0 atom stereocenters. The van der Waals surface area contributed by atoms with Crippen molar-refractivity contribution in [3.8, 4) is 0 Å². The number of hydrogen-bond donors (Lipinski definition) is 1. The van der Waals surface area contributed by atoms with Gasteiger partial charge in [-0.1, -0.05) is 35.8 Å². The Morgan fingerprint density at radius 3 is 2.38 bits per heavy atom. The van der Waals surface area contributed by atoms with Crippen molar-refractivity contribution in [2.24, 2.45) is 0 Å². The Morgan fingerprint density at radius 1 is 1.12 bits per heavy atom. The number of hydrogen-bond acceptors (Lipinski definition) is 4. The van der Waals surface area contributed by atoms with Gasteiger partial charge in [-0.2, -0.15) is 4.31 Å².